The summed E-state index contributed by atoms with van der Waals surface area (Å²) in [5, 5.41) is 10.2. The van der Waals surface area contributed by atoms with Crippen LogP contribution >= 0.6 is 0 Å². The molecule has 4 aliphatic rings. The van der Waals surface area contributed by atoms with Gasteiger partial charge in [-0.1, -0.05) is 72.5 Å². The van der Waals surface area contributed by atoms with Crippen molar-refractivity contribution in [2.75, 3.05) is 0 Å². The number of fused-ring (bicyclic) bond motifs is 5. The van der Waals surface area contributed by atoms with Crippen LogP contribution < -0.4 is 0 Å². The van der Waals surface area contributed by atoms with Crippen molar-refractivity contribution < 1.29 is 5.11 Å². The summed E-state index contributed by atoms with van der Waals surface area (Å²) in [6.07, 6.45) is 17.2. The zero-order valence-electron chi connectivity index (χ0n) is 20.9. The van der Waals surface area contributed by atoms with Gasteiger partial charge in [-0.25, -0.2) is 0 Å². The lowest BCUT2D eigenvalue weighted by molar-refractivity contribution is -0.0573. The summed E-state index contributed by atoms with van der Waals surface area (Å²) in [5.74, 6) is 6.28. The van der Waals surface area contributed by atoms with E-state index in [1.165, 1.54) is 57.8 Å². The molecule has 4 rings (SSSR count). The number of hydrogen-bond donors (Lipinski definition) is 1. The minimum absolute atomic E-state index is 0.0788. The van der Waals surface area contributed by atoms with Gasteiger partial charge in [0.05, 0.1) is 6.10 Å². The number of aliphatic hydroxyl groups excluding tert-OH is 1. The molecular formula is C29H50O. The van der Waals surface area contributed by atoms with Crippen molar-refractivity contribution in [2.45, 2.75) is 118 Å². The molecule has 0 saturated heterocycles. The summed E-state index contributed by atoms with van der Waals surface area (Å²) in [6.45, 7) is 15.1. The van der Waals surface area contributed by atoms with Gasteiger partial charge in [-0.15, -0.1) is 0 Å². The standard InChI is InChI=1S/C29H50O/c1-19(2)20(3)8-7-9-21(4)25-12-13-26-24-11-10-22-18-23(30)14-16-28(22,5)27(24)15-17-29(25,26)6/h10,19-21,23-27,30H,7-9,11-18H2,1-6H3/t20?,21?,23-,24-,25+,26-,27-,28-,29+/m0/s1. The van der Waals surface area contributed by atoms with Gasteiger partial charge in [-0.3, -0.25) is 0 Å². The second kappa shape index (κ2) is 8.57. The highest BCUT2D eigenvalue weighted by molar-refractivity contribution is 5.25. The van der Waals surface area contributed by atoms with E-state index < -0.39 is 0 Å². The Balaban J connectivity index is 1.44. The Bertz CT molecular complexity index is 634. The highest BCUT2D eigenvalue weighted by atomic mass is 16.3. The minimum atomic E-state index is -0.0788. The van der Waals surface area contributed by atoms with Gasteiger partial charge < -0.3 is 5.11 Å². The van der Waals surface area contributed by atoms with Crippen molar-refractivity contribution in [1.82, 2.24) is 0 Å². The average Bonchev–Trinajstić information content (AvgIpc) is 3.05. The fourth-order valence-electron chi connectivity index (χ4n) is 8.91. The van der Waals surface area contributed by atoms with E-state index in [-0.39, 0.29) is 6.10 Å². The van der Waals surface area contributed by atoms with E-state index in [1.54, 1.807) is 5.57 Å². The van der Waals surface area contributed by atoms with Gasteiger partial charge in [0.1, 0.15) is 0 Å². The molecule has 4 aliphatic carbocycles. The maximum Gasteiger partial charge on any atom is 0.0577 e. The first-order valence-corrected chi connectivity index (χ1v) is 13.5. The zero-order chi connectivity index (χ0) is 21.7. The Labute approximate surface area is 187 Å². The van der Waals surface area contributed by atoms with Crippen LogP contribution in [0.1, 0.15) is 112 Å². The largest absolute Gasteiger partial charge is 0.393 e. The average molecular weight is 415 g/mol. The number of aliphatic hydroxyl groups is 1. The summed E-state index contributed by atoms with van der Waals surface area (Å²) in [5.41, 5.74) is 2.59. The van der Waals surface area contributed by atoms with E-state index in [0.717, 1.165) is 54.3 Å². The third-order valence-corrected chi connectivity index (χ3v) is 11.3. The third-order valence-electron chi connectivity index (χ3n) is 11.3. The molecule has 0 bridgehead atoms. The van der Waals surface area contributed by atoms with Gasteiger partial charge in [0.2, 0.25) is 0 Å². The molecule has 30 heavy (non-hydrogen) atoms. The lowest BCUT2D eigenvalue weighted by Crippen LogP contribution is -2.50. The van der Waals surface area contributed by atoms with E-state index in [2.05, 4.69) is 47.6 Å². The molecule has 2 unspecified atom stereocenters. The molecule has 0 aromatic rings. The first-order valence-electron chi connectivity index (χ1n) is 13.5. The van der Waals surface area contributed by atoms with Crippen molar-refractivity contribution in [3.63, 3.8) is 0 Å². The molecular weight excluding hydrogens is 364 g/mol. The maximum atomic E-state index is 10.2. The van der Waals surface area contributed by atoms with Crippen molar-refractivity contribution >= 4 is 0 Å². The van der Waals surface area contributed by atoms with Crippen LogP contribution in [0.3, 0.4) is 0 Å². The Morgan fingerprint density at radius 1 is 0.967 bits per heavy atom. The summed E-state index contributed by atoms with van der Waals surface area (Å²) in [6, 6.07) is 0. The second-order valence-electron chi connectivity index (χ2n) is 13.0. The van der Waals surface area contributed by atoms with Crippen LogP contribution in [-0.2, 0) is 0 Å². The van der Waals surface area contributed by atoms with Crippen LogP contribution in [0.4, 0.5) is 0 Å². The fourth-order valence-corrected chi connectivity index (χ4v) is 8.91. The Kier molecular flexibility index (Phi) is 6.53. The molecule has 1 N–H and O–H groups in total. The molecule has 0 aromatic carbocycles. The van der Waals surface area contributed by atoms with E-state index in [0.29, 0.717) is 10.8 Å². The molecule has 0 amide bonds. The van der Waals surface area contributed by atoms with Crippen LogP contribution in [0.15, 0.2) is 11.6 Å². The summed E-state index contributed by atoms with van der Waals surface area (Å²) in [7, 11) is 0. The third kappa shape index (κ3) is 3.84. The van der Waals surface area contributed by atoms with E-state index >= 15 is 0 Å². The Morgan fingerprint density at radius 3 is 2.47 bits per heavy atom. The van der Waals surface area contributed by atoms with Gasteiger partial charge in [0.15, 0.2) is 0 Å². The SMILES string of the molecule is CC(C)C(C)CCCC(C)[C@H]1CC[C@H]2[C@@H]3CC=C4C[C@@H](O)CC[C@]4(C)[C@H]3CC[C@]12C. The topological polar surface area (TPSA) is 20.2 Å². The molecule has 9 atom stereocenters. The highest BCUT2D eigenvalue weighted by Crippen LogP contribution is 2.67. The van der Waals surface area contributed by atoms with E-state index in [9.17, 15) is 5.11 Å². The predicted octanol–water partition coefficient (Wildman–Crippen LogP) is 8.02. The molecule has 3 fully saturated rings. The fraction of sp³-hybridized carbons (Fsp3) is 0.931. The molecule has 1 nitrogen and oxygen atoms in total. The first-order chi connectivity index (χ1) is 14.2. The molecule has 0 radical (unpaired) electrons. The van der Waals surface area contributed by atoms with Crippen LogP contribution in [0, 0.1) is 52.3 Å². The van der Waals surface area contributed by atoms with Crippen LogP contribution in [0.5, 0.6) is 0 Å². The summed E-state index contributed by atoms with van der Waals surface area (Å²) >= 11 is 0. The normalized spacial score (nSPS) is 45.3. The molecule has 1 heteroatoms. The molecule has 3 saturated carbocycles. The first kappa shape index (κ1) is 22.9. The number of allylic oxidation sites excluding steroid dienone is 1. The van der Waals surface area contributed by atoms with Gasteiger partial charge in [0, 0.05) is 0 Å². The van der Waals surface area contributed by atoms with Gasteiger partial charge in [0.25, 0.3) is 0 Å². The van der Waals surface area contributed by atoms with Gasteiger partial charge in [-0.2, -0.15) is 0 Å². The lowest BCUT2D eigenvalue weighted by Gasteiger charge is -2.58. The van der Waals surface area contributed by atoms with Crippen LogP contribution in [0.25, 0.3) is 0 Å². The Hall–Kier alpha value is -0.300. The molecule has 172 valence electrons. The van der Waals surface area contributed by atoms with Crippen molar-refractivity contribution in [3.8, 4) is 0 Å². The van der Waals surface area contributed by atoms with E-state index in [4.69, 9.17) is 0 Å². The number of rotatable bonds is 6. The van der Waals surface area contributed by atoms with E-state index in [1.807, 2.05) is 0 Å². The number of hydrogen-bond acceptors (Lipinski definition) is 1. The zero-order valence-corrected chi connectivity index (χ0v) is 20.9. The quantitative estimate of drug-likeness (QED) is 0.436. The molecule has 0 spiro atoms. The second-order valence-corrected chi connectivity index (χ2v) is 13.0. The van der Waals surface area contributed by atoms with Crippen LogP contribution in [0.2, 0.25) is 0 Å². The van der Waals surface area contributed by atoms with Crippen molar-refractivity contribution in [2.24, 2.45) is 52.3 Å². The summed E-state index contributed by atoms with van der Waals surface area (Å²) in [4.78, 5) is 0. The molecule has 0 aliphatic heterocycles. The van der Waals surface area contributed by atoms with Crippen molar-refractivity contribution in [3.05, 3.63) is 11.6 Å². The predicted molar refractivity (Wildman–Crippen MR) is 128 cm³/mol. The smallest absolute Gasteiger partial charge is 0.0577 e. The maximum absolute atomic E-state index is 10.2. The van der Waals surface area contributed by atoms with Gasteiger partial charge in [-0.05, 0) is 104 Å². The Morgan fingerprint density at radius 2 is 1.73 bits per heavy atom. The summed E-state index contributed by atoms with van der Waals surface area (Å²) < 4.78 is 0. The highest BCUT2D eigenvalue weighted by Gasteiger charge is 2.59. The van der Waals surface area contributed by atoms with Crippen LogP contribution in [-0.4, -0.2) is 11.2 Å². The molecule has 0 heterocycles. The lowest BCUT2D eigenvalue weighted by atomic mass is 9.47. The molecule has 0 aromatic heterocycles. The van der Waals surface area contributed by atoms with Crippen molar-refractivity contribution in [1.29, 1.82) is 0 Å². The van der Waals surface area contributed by atoms with Gasteiger partial charge >= 0.3 is 0 Å². The minimum Gasteiger partial charge on any atom is -0.393 e. The monoisotopic (exact) mass is 414 g/mol.